The molecule has 0 aliphatic carbocycles. The van der Waals surface area contributed by atoms with Crippen LogP contribution in [-0.2, 0) is 4.74 Å². The molecule has 1 aliphatic rings. The number of hydrogen-bond acceptors (Lipinski definition) is 6. The molecule has 0 radical (unpaired) electrons. The summed E-state index contributed by atoms with van der Waals surface area (Å²) in [6.07, 6.45) is -6.45. The van der Waals surface area contributed by atoms with E-state index in [2.05, 4.69) is 4.74 Å². The second-order valence-electron chi connectivity index (χ2n) is 2.86. The minimum atomic E-state index is -2.41. The number of halogens is 1. The highest BCUT2D eigenvalue weighted by atomic mass is 35.5. The molecular formula is C6H11ClO6. The van der Waals surface area contributed by atoms with Gasteiger partial charge in [-0.2, -0.15) is 0 Å². The molecule has 78 valence electrons. The van der Waals surface area contributed by atoms with Crippen LogP contribution >= 0.6 is 11.6 Å². The fourth-order valence-corrected chi connectivity index (χ4v) is 1.35. The Morgan fingerprint density at radius 3 is 2.23 bits per heavy atom. The number of alkyl halides is 1. The molecule has 1 heterocycles. The predicted octanol–water partition coefficient (Wildman–Crippen LogP) is -2.65. The van der Waals surface area contributed by atoms with Crippen LogP contribution in [0.3, 0.4) is 0 Å². The van der Waals surface area contributed by atoms with Gasteiger partial charge in [0.1, 0.15) is 18.3 Å². The maximum atomic E-state index is 9.30. The van der Waals surface area contributed by atoms with Crippen LogP contribution < -0.4 is 0 Å². The van der Waals surface area contributed by atoms with Crippen molar-refractivity contribution in [2.75, 3.05) is 6.61 Å². The maximum Gasteiger partial charge on any atom is 0.198 e. The molecule has 0 bridgehead atoms. The molecule has 1 rings (SSSR count). The summed E-state index contributed by atoms with van der Waals surface area (Å²) < 4.78 is 4.56. The monoisotopic (exact) mass is 214 g/mol. The van der Waals surface area contributed by atoms with Crippen LogP contribution in [0.2, 0.25) is 0 Å². The first kappa shape index (κ1) is 11.1. The van der Waals surface area contributed by atoms with Gasteiger partial charge in [-0.15, -0.1) is 0 Å². The van der Waals surface area contributed by atoms with Gasteiger partial charge in [0, 0.05) is 0 Å². The summed E-state index contributed by atoms with van der Waals surface area (Å²) in [5.74, 6) is 0. The molecule has 1 aliphatic heterocycles. The van der Waals surface area contributed by atoms with Crippen molar-refractivity contribution >= 4 is 11.6 Å². The molecule has 5 N–H and O–H groups in total. The van der Waals surface area contributed by atoms with Gasteiger partial charge in [-0.1, -0.05) is 11.6 Å². The smallest absolute Gasteiger partial charge is 0.198 e. The molecular weight excluding hydrogens is 204 g/mol. The molecule has 1 fully saturated rings. The quantitative estimate of drug-likeness (QED) is 0.305. The van der Waals surface area contributed by atoms with Crippen molar-refractivity contribution in [1.29, 1.82) is 0 Å². The number of aliphatic hydroxyl groups excluding tert-OH is 4. The molecule has 5 atom stereocenters. The van der Waals surface area contributed by atoms with E-state index in [1.807, 2.05) is 0 Å². The normalized spacial score (nSPS) is 52.2. The molecule has 0 aromatic heterocycles. The zero-order valence-corrected chi connectivity index (χ0v) is 7.29. The summed E-state index contributed by atoms with van der Waals surface area (Å²) in [7, 11) is 0. The van der Waals surface area contributed by atoms with Crippen molar-refractivity contribution in [3.05, 3.63) is 0 Å². The molecule has 6 nitrogen and oxygen atoms in total. The number of aliphatic hydroxyl groups is 5. The Morgan fingerprint density at radius 2 is 1.77 bits per heavy atom. The van der Waals surface area contributed by atoms with Crippen LogP contribution in [-0.4, -0.2) is 61.8 Å². The van der Waals surface area contributed by atoms with E-state index in [1.165, 1.54) is 0 Å². The first-order chi connectivity index (χ1) is 5.91. The van der Waals surface area contributed by atoms with Crippen LogP contribution in [0, 0.1) is 0 Å². The SMILES string of the molecule is OC[C@H]1OC(O)[C@H](O)[C@](O)(Cl)[C@@H]1O. The summed E-state index contributed by atoms with van der Waals surface area (Å²) in [6, 6.07) is 0. The van der Waals surface area contributed by atoms with E-state index in [-0.39, 0.29) is 0 Å². The highest BCUT2D eigenvalue weighted by Crippen LogP contribution is 2.32. The van der Waals surface area contributed by atoms with E-state index in [0.717, 1.165) is 0 Å². The summed E-state index contributed by atoms with van der Waals surface area (Å²) in [5.41, 5.74) is 0. The zero-order valence-electron chi connectivity index (χ0n) is 6.54. The van der Waals surface area contributed by atoms with Crippen molar-refractivity contribution < 1.29 is 30.3 Å². The van der Waals surface area contributed by atoms with Crippen molar-refractivity contribution in [2.24, 2.45) is 0 Å². The van der Waals surface area contributed by atoms with Gasteiger partial charge in [0.05, 0.1) is 6.61 Å². The first-order valence-corrected chi connectivity index (χ1v) is 4.01. The highest BCUT2D eigenvalue weighted by Gasteiger charge is 2.53. The Balaban J connectivity index is 2.82. The van der Waals surface area contributed by atoms with Crippen LogP contribution in [0.15, 0.2) is 0 Å². The van der Waals surface area contributed by atoms with E-state index < -0.39 is 36.3 Å². The molecule has 0 saturated carbocycles. The van der Waals surface area contributed by atoms with Gasteiger partial charge in [-0.05, 0) is 0 Å². The minimum absolute atomic E-state index is 0.625. The molecule has 0 spiro atoms. The maximum absolute atomic E-state index is 9.30. The van der Waals surface area contributed by atoms with E-state index >= 15 is 0 Å². The number of rotatable bonds is 1. The van der Waals surface area contributed by atoms with Gasteiger partial charge in [0.25, 0.3) is 0 Å². The standard InChI is InChI=1S/C6H11ClO6/c7-6(12)3(9)2(1-8)13-5(11)4(6)10/h2-5,8-12H,1H2/t2-,3-,4+,5?,6+/m1/s1. The lowest BCUT2D eigenvalue weighted by atomic mass is 9.99. The van der Waals surface area contributed by atoms with Crippen LogP contribution in [0.5, 0.6) is 0 Å². The Morgan fingerprint density at radius 1 is 1.23 bits per heavy atom. The Kier molecular flexibility index (Phi) is 3.13. The fraction of sp³-hybridized carbons (Fsp3) is 1.00. The first-order valence-electron chi connectivity index (χ1n) is 3.63. The zero-order chi connectivity index (χ0) is 10.2. The molecule has 7 heteroatoms. The van der Waals surface area contributed by atoms with E-state index in [9.17, 15) is 10.2 Å². The van der Waals surface area contributed by atoms with Crippen LogP contribution in [0.1, 0.15) is 0 Å². The average Bonchev–Trinajstić information content (AvgIpc) is 2.09. The molecule has 0 amide bonds. The Bertz CT molecular complexity index is 186. The van der Waals surface area contributed by atoms with Crippen molar-refractivity contribution in [1.82, 2.24) is 0 Å². The summed E-state index contributed by atoms with van der Waals surface area (Å²) in [5, 5.41) is 42.9. The van der Waals surface area contributed by atoms with Gasteiger partial charge in [-0.3, -0.25) is 0 Å². The molecule has 1 unspecified atom stereocenters. The minimum Gasteiger partial charge on any atom is -0.394 e. The van der Waals surface area contributed by atoms with Gasteiger partial charge in [-0.25, -0.2) is 0 Å². The van der Waals surface area contributed by atoms with Gasteiger partial charge in [0.15, 0.2) is 11.4 Å². The van der Waals surface area contributed by atoms with Gasteiger partial charge in [0.2, 0.25) is 0 Å². The van der Waals surface area contributed by atoms with E-state index in [1.54, 1.807) is 0 Å². The van der Waals surface area contributed by atoms with Crippen molar-refractivity contribution in [3.63, 3.8) is 0 Å². The van der Waals surface area contributed by atoms with Gasteiger partial charge >= 0.3 is 0 Å². The second-order valence-corrected chi connectivity index (χ2v) is 3.47. The number of ether oxygens (including phenoxy) is 1. The summed E-state index contributed by atoms with van der Waals surface area (Å²) in [6.45, 7) is -0.625. The molecule has 1 saturated heterocycles. The van der Waals surface area contributed by atoms with Crippen LogP contribution in [0.25, 0.3) is 0 Å². The van der Waals surface area contributed by atoms with E-state index in [0.29, 0.717) is 0 Å². The fourth-order valence-electron chi connectivity index (χ4n) is 1.11. The Labute approximate surface area is 78.9 Å². The highest BCUT2D eigenvalue weighted by molar-refractivity contribution is 6.23. The van der Waals surface area contributed by atoms with Crippen molar-refractivity contribution in [3.8, 4) is 0 Å². The second kappa shape index (κ2) is 3.66. The third kappa shape index (κ3) is 1.79. The summed E-state index contributed by atoms with van der Waals surface area (Å²) in [4.78, 5) is 0. The largest absolute Gasteiger partial charge is 0.394 e. The van der Waals surface area contributed by atoms with Gasteiger partial charge < -0.3 is 30.3 Å². The molecule has 0 aromatic rings. The average molecular weight is 215 g/mol. The third-order valence-corrected chi connectivity index (χ3v) is 2.39. The topological polar surface area (TPSA) is 110 Å². The van der Waals surface area contributed by atoms with E-state index in [4.69, 9.17) is 26.9 Å². The lowest BCUT2D eigenvalue weighted by molar-refractivity contribution is -0.298. The number of hydrogen-bond donors (Lipinski definition) is 5. The van der Waals surface area contributed by atoms with Crippen LogP contribution in [0.4, 0.5) is 0 Å². The third-order valence-electron chi connectivity index (χ3n) is 1.95. The summed E-state index contributed by atoms with van der Waals surface area (Å²) >= 11 is 5.35. The molecule has 13 heavy (non-hydrogen) atoms. The van der Waals surface area contributed by atoms with Crippen molar-refractivity contribution in [2.45, 2.75) is 29.7 Å². The lowest BCUT2D eigenvalue weighted by Gasteiger charge is -2.42. The lowest BCUT2D eigenvalue weighted by Crippen LogP contribution is -2.64. The predicted molar refractivity (Wildman–Crippen MR) is 40.8 cm³/mol. The Hall–Kier alpha value is 0.0500. The molecule has 0 aromatic carbocycles.